The van der Waals surface area contributed by atoms with Crippen molar-refractivity contribution in [2.75, 3.05) is 4.90 Å². The summed E-state index contributed by atoms with van der Waals surface area (Å²) in [6.07, 6.45) is 1.81. The van der Waals surface area contributed by atoms with Gasteiger partial charge in [-0.15, -0.1) is 0 Å². The summed E-state index contributed by atoms with van der Waals surface area (Å²) in [6, 6.07) is 18.2. The van der Waals surface area contributed by atoms with E-state index in [0.29, 0.717) is 18.2 Å². The van der Waals surface area contributed by atoms with Crippen LogP contribution in [0.15, 0.2) is 66.7 Å². The lowest BCUT2D eigenvalue weighted by molar-refractivity contribution is -0.127. The molecule has 0 spiro atoms. The van der Waals surface area contributed by atoms with Crippen molar-refractivity contribution >= 4 is 34.2 Å². The summed E-state index contributed by atoms with van der Waals surface area (Å²) in [5.41, 5.74) is 9.47. The van der Waals surface area contributed by atoms with Gasteiger partial charge in [-0.1, -0.05) is 80.4 Å². The molecule has 0 unspecified atom stereocenters. The molecule has 3 aromatic rings. The van der Waals surface area contributed by atoms with Crippen molar-refractivity contribution in [1.29, 1.82) is 0 Å². The summed E-state index contributed by atoms with van der Waals surface area (Å²) in [5, 5.41) is 1.42. The molecule has 184 valence electrons. The number of nitrogens with one attached hydrogen (secondary N) is 1. The number of amides is 2. The smallest absolute Gasteiger partial charge is 0.340 e. The minimum atomic E-state index is -0.954. The highest BCUT2D eigenvalue weighted by Gasteiger charge is 2.35. The Morgan fingerprint density at radius 1 is 1.00 bits per heavy atom. The summed E-state index contributed by atoms with van der Waals surface area (Å²) in [6.45, 7) is 3.60. The maximum Gasteiger partial charge on any atom is 0.340 e. The van der Waals surface area contributed by atoms with Gasteiger partial charge < -0.3 is 10.5 Å². The summed E-state index contributed by atoms with van der Waals surface area (Å²) in [7, 11) is 0. The molecule has 0 saturated heterocycles. The monoisotopic (exact) mass is 476 g/mol. The molecule has 3 aromatic carbocycles. The number of rotatable bonds is 10. The third kappa shape index (κ3) is 6.03. The van der Waals surface area contributed by atoms with Crippen LogP contribution in [0.5, 0.6) is 0 Å². The van der Waals surface area contributed by atoms with Crippen LogP contribution in [-0.4, -0.2) is 29.9 Å². The van der Waals surface area contributed by atoms with Crippen LogP contribution in [0.2, 0.25) is 0 Å². The molecule has 0 aromatic heterocycles. The molecule has 0 aliphatic heterocycles. The number of unbranched alkanes of at least 4 members (excludes halogenated alkanes) is 1. The standard InChI is InChI=1S/C27H32N4O4/c1-3-4-14-23(25(32)30-29)31(26(33)18(2)28)24-21-13-9-8-12-20(21)15-16-22(24)27(34)35-17-19-10-6-5-7-11-19/h5-13,15-16,18,23H,3-4,14,17,28-29H2,1-2H3,(H,30,32)/t18-,23-/m0/s1. The highest BCUT2D eigenvalue weighted by molar-refractivity contribution is 6.15. The largest absolute Gasteiger partial charge is 0.457 e. The number of hydrogen-bond donors (Lipinski definition) is 3. The van der Waals surface area contributed by atoms with Gasteiger partial charge in [-0.3, -0.25) is 19.9 Å². The Morgan fingerprint density at radius 3 is 2.34 bits per heavy atom. The van der Waals surface area contributed by atoms with Crippen LogP contribution in [0.25, 0.3) is 10.8 Å². The third-order valence-electron chi connectivity index (χ3n) is 5.79. The van der Waals surface area contributed by atoms with Crippen LogP contribution in [0.3, 0.4) is 0 Å². The Kier molecular flexibility index (Phi) is 8.94. The fourth-order valence-electron chi connectivity index (χ4n) is 3.99. The molecule has 0 radical (unpaired) electrons. The highest BCUT2D eigenvalue weighted by atomic mass is 16.5. The molecule has 8 nitrogen and oxygen atoms in total. The minimum absolute atomic E-state index is 0.0652. The topological polar surface area (TPSA) is 128 Å². The molecule has 2 amide bonds. The SMILES string of the molecule is CCCC[C@@H](C(=O)NN)N(C(=O)[C@H](C)N)c1c(C(=O)OCc2ccccc2)ccc2ccccc12. The summed E-state index contributed by atoms with van der Waals surface area (Å²) < 4.78 is 5.61. The zero-order valence-electron chi connectivity index (χ0n) is 20.1. The number of fused-ring (bicyclic) bond motifs is 1. The number of carbonyl (C=O) groups excluding carboxylic acids is 3. The Balaban J connectivity index is 2.17. The van der Waals surface area contributed by atoms with E-state index in [9.17, 15) is 14.4 Å². The summed E-state index contributed by atoms with van der Waals surface area (Å²) >= 11 is 0. The van der Waals surface area contributed by atoms with E-state index in [-0.39, 0.29) is 17.9 Å². The maximum atomic E-state index is 13.5. The van der Waals surface area contributed by atoms with Crippen molar-refractivity contribution in [3.63, 3.8) is 0 Å². The number of anilines is 1. The Bertz CT molecular complexity index is 1180. The molecular weight excluding hydrogens is 444 g/mol. The van der Waals surface area contributed by atoms with Gasteiger partial charge in [0.05, 0.1) is 17.3 Å². The molecular formula is C27H32N4O4. The molecule has 8 heteroatoms. The van der Waals surface area contributed by atoms with Crippen molar-refractivity contribution in [3.8, 4) is 0 Å². The number of hydrazine groups is 1. The van der Waals surface area contributed by atoms with E-state index < -0.39 is 29.9 Å². The van der Waals surface area contributed by atoms with E-state index in [1.807, 2.05) is 55.5 Å². The zero-order chi connectivity index (χ0) is 25.4. The number of hydrogen-bond acceptors (Lipinski definition) is 6. The van der Waals surface area contributed by atoms with Gasteiger partial charge in [-0.25, -0.2) is 10.6 Å². The molecule has 0 aliphatic carbocycles. The van der Waals surface area contributed by atoms with Gasteiger partial charge >= 0.3 is 5.97 Å². The van der Waals surface area contributed by atoms with Crippen LogP contribution in [0.1, 0.15) is 49.0 Å². The molecule has 0 bridgehead atoms. The van der Waals surface area contributed by atoms with Gasteiger partial charge in [-0.2, -0.15) is 0 Å². The molecule has 35 heavy (non-hydrogen) atoms. The first-order valence-electron chi connectivity index (χ1n) is 11.7. The first kappa shape index (κ1) is 25.9. The lowest BCUT2D eigenvalue weighted by Gasteiger charge is -2.34. The number of carbonyl (C=O) groups is 3. The summed E-state index contributed by atoms with van der Waals surface area (Å²) in [4.78, 5) is 41.1. The lowest BCUT2D eigenvalue weighted by atomic mass is 9.98. The molecule has 5 N–H and O–H groups in total. The third-order valence-corrected chi connectivity index (χ3v) is 5.79. The average Bonchev–Trinajstić information content (AvgIpc) is 2.89. The number of benzene rings is 3. The van der Waals surface area contributed by atoms with Crippen LogP contribution in [0.4, 0.5) is 5.69 Å². The van der Waals surface area contributed by atoms with Gasteiger partial charge in [0.25, 0.3) is 5.91 Å². The average molecular weight is 477 g/mol. The summed E-state index contributed by atoms with van der Waals surface area (Å²) in [5.74, 6) is 3.85. The van der Waals surface area contributed by atoms with Crippen LogP contribution < -0.4 is 21.9 Å². The van der Waals surface area contributed by atoms with E-state index in [1.54, 1.807) is 25.1 Å². The molecule has 0 saturated carbocycles. The molecule has 0 aliphatic rings. The lowest BCUT2D eigenvalue weighted by Crippen LogP contribution is -2.55. The second kappa shape index (κ2) is 12.1. The Labute approximate surface area is 205 Å². The zero-order valence-corrected chi connectivity index (χ0v) is 20.1. The van der Waals surface area contributed by atoms with E-state index in [1.165, 1.54) is 4.90 Å². The van der Waals surface area contributed by atoms with Gasteiger partial charge in [-0.05, 0) is 30.4 Å². The number of nitrogens with zero attached hydrogens (tertiary/aromatic N) is 1. The maximum absolute atomic E-state index is 13.5. The van der Waals surface area contributed by atoms with Crippen molar-refractivity contribution < 1.29 is 19.1 Å². The van der Waals surface area contributed by atoms with Crippen LogP contribution in [-0.2, 0) is 20.9 Å². The van der Waals surface area contributed by atoms with E-state index in [0.717, 1.165) is 17.4 Å². The second-order valence-electron chi connectivity index (χ2n) is 8.41. The van der Waals surface area contributed by atoms with E-state index in [4.69, 9.17) is 16.3 Å². The van der Waals surface area contributed by atoms with Crippen molar-refractivity contribution in [2.45, 2.75) is 51.8 Å². The minimum Gasteiger partial charge on any atom is -0.457 e. The second-order valence-corrected chi connectivity index (χ2v) is 8.41. The van der Waals surface area contributed by atoms with E-state index in [2.05, 4.69) is 5.43 Å². The fraction of sp³-hybridized carbons (Fsp3) is 0.296. The highest BCUT2D eigenvalue weighted by Crippen LogP contribution is 2.34. The van der Waals surface area contributed by atoms with Crippen molar-refractivity contribution in [2.24, 2.45) is 11.6 Å². The molecule has 0 fully saturated rings. The Hall–Kier alpha value is -3.75. The predicted molar refractivity (Wildman–Crippen MR) is 136 cm³/mol. The fourth-order valence-corrected chi connectivity index (χ4v) is 3.99. The number of nitrogens with two attached hydrogens (primary N) is 2. The van der Waals surface area contributed by atoms with Crippen LogP contribution >= 0.6 is 0 Å². The number of ether oxygens (including phenoxy) is 1. The van der Waals surface area contributed by atoms with Crippen LogP contribution in [0, 0.1) is 0 Å². The Morgan fingerprint density at radius 2 is 1.69 bits per heavy atom. The first-order chi connectivity index (χ1) is 16.9. The molecule has 0 heterocycles. The number of esters is 1. The first-order valence-corrected chi connectivity index (χ1v) is 11.7. The quantitative estimate of drug-likeness (QED) is 0.178. The van der Waals surface area contributed by atoms with Gasteiger partial charge in [0.2, 0.25) is 5.91 Å². The van der Waals surface area contributed by atoms with E-state index >= 15 is 0 Å². The van der Waals surface area contributed by atoms with Gasteiger partial charge in [0, 0.05) is 5.39 Å². The molecule has 2 atom stereocenters. The van der Waals surface area contributed by atoms with Crippen molar-refractivity contribution in [1.82, 2.24) is 5.43 Å². The predicted octanol–water partition coefficient (Wildman–Crippen LogP) is 3.43. The van der Waals surface area contributed by atoms with Crippen molar-refractivity contribution in [3.05, 3.63) is 77.9 Å². The normalized spacial score (nSPS) is 12.6. The molecule has 3 rings (SSSR count). The van der Waals surface area contributed by atoms with Gasteiger partial charge in [0.15, 0.2) is 0 Å². The van der Waals surface area contributed by atoms with Gasteiger partial charge in [0.1, 0.15) is 12.6 Å².